The molecule has 2 bridgehead atoms. The number of carbonyl (C=O) groups excluding carboxylic acids is 1. The summed E-state index contributed by atoms with van der Waals surface area (Å²) in [6.45, 7) is 7.43. The number of hydrogen-bond donors (Lipinski definition) is 3. The van der Waals surface area contributed by atoms with Gasteiger partial charge in [0.25, 0.3) is 11.5 Å². The Kier molecular flexibility index (Phi) is 5.79. The summed E-state index contributed by atoms with van der Waals surface area (Å²) in [5.74, 6) is -0.359. The molecule has 0 spiro atoms. The van der Waals surface area contributed by atoms with E-state index in [9.17, 15) is 14.5 Å². The van der Waals surface area contributed by atoms with E-state index in [4.69, 9.17) is 31.3 Å². The third-order valence-corrected chi connectivity index (χ3v) is 7.43. The first-order valence-electron chi connectivity index (χ1n) is 10.8. The Morgan fingerprint density at radius 3 is 2.56 bits per heavy atom. The van der Waals surface area contributed by atoms with Crippen molar-refractivity contribution in [3.63, 3.8) is 0 Å². The van der Waals surface area contributed by atoms with Gasteiger partial charge in [-0.2, -0.15) is 4.98 Å². The average Bonchev–Trinajstić information content (AvgIpc) is 3.21. The molecule has 2 aromatic heterocycles. The van der Waals surface area contributed by atoms with Crippen molar-refractivity contribution in [3.05, 3.63) is 16.7 Å². The normalized spacial score (nSPS) is 29.2. The second-order valence-corrected chi connectivity index (χ2v) is 13.7. The van der Waals surface area contributed by atoms with Crippen LogP contribution in [0, 0.1) is 5.41 Å². The number of aromatic nitrogens is 4. The number of nitrogens with two attached hydrogens (primary N) is 1. The molecule has 2 saturated heterocycles. The number of fused-ring (bicyclic) bond motifs is 3. The SMILES string of the molecule is CN1C(=O)[C@]2(CC(C)(C)C)O[C@@H](n3cnc4c(=O)[nH]c(N)nc43)C1C2OP(O)(=S)OC(C)(C)C. The zero-order valence-corrected chi connectivity index (χ0v) is 21.9. The first kappa shape index (κ1) is 25.2. The summed E-state index contributed by atoms with van der Waals surface area (Å²) >= 11 is 5.32. The highest BCUT2D eigenvalue weighted by Gasteiger charge is 2.71. The highest BCUT2D eigenvalue weighted by atomic mass is 32.5. The number of hydrogen-bond acceptors (Lipinski definition) is 9. The fourth-order valence-corrected chi connectivity index (χ4v) is 7.06. The number of imidazole rings is 1. The van der Waals surface area contributed by atoms with Crippen molar-refractivity contribution in [2.45, 2.75) is 77.5 Å². The first-order valence-corrected chi connectivity index (χ1v) is 13.4. The minimum Gasteiger partial charge on any atom is -0.369 e. The van der Waals surface area contributed by atoms with Gasteiger partial charge in [0.05, 0.1) is 11.9 Å². The van der Waals surface area contributed by atoms with Gasteiger partial charge in [-0.05, 0) is 44.4 Å². The van der Waals surface area contributed by atoms with Crippen molar-refractivity contribution in [2.75, 3.05) is 12.8 Å². The Morgan fingerprint density at radius 1 is 1.32 bits per heavy atom. The maximum atomic E-state index is 13.5. The molecule has 188 valence electrons. The number of likely N-dealkylation sites (N-methyl/N-ethyl adjacent to an activating group) is 1. The molecule has 14 heteroatoms. The van der Waals surface area contributed by atoms with E-state index in [1.54, 1.807) is 32.4 Å². The van der Waals surface area contributed by atoms with Gasteiger partial charge in [0.1, 0.15) is 12.1 Å². The van der Waals surface area contributed by atoms with Crippen LogP contribution < -0.4 is 11.3 Å². The zero-order valence-electron chi connectivity index (χ0n) is 20.2. The molecule has 0 aliphatic carbocycles. The summed E-state index contributed by atoms with van der Waals surface area (Å²) in [5, 5.41) is 0. The van der Waals surface area contributed by atoms with E-state index in [2.05, 4.69) is 15.0 Å². The number of morpholine rings is 1. The topological polar surface area (TPSA) is 158 Å². The van der Waals surface area contributed by atoms with Gasteiger partial charge >= 0.3 is 6.72 Å². The number of aromatic amines is 1. The number of carbonyl (C=O) groups is 1. The third-order valence-electron chi connectivity index (χ3n) is 5.68. The lowest BCUT2D eigenvalue weighted by Crippen LogP contribution is -2.51. The van der Waals surface area contributed by atoms with E-state index in [-0.39, 0.29) is 34.9 Å². The zero-order chi connectivity index (χ0) is 25.4. The molecule has 34 heavy (non-hydrogen) atoms. The van der Waals surface area contributed by atoms with Gasteiger partial charge in [-0.1, -0.05) is 20.8 Å². The lowest BCUT2D eigenvalue weighted by molar-refractivity contribution is -0.179. The Labute approximate surface area is 202 Å². The van der Waals surface area contributed by atoms with Crippen LogP contribution in [0.15, 0.2) is 11.1 Å². The van der Waals surface area contributed by atoms with Crippen LogP contribution in [-0.2, 0) is 30.4 Å². The molecule has 4 N–H and O–H groups in total. The molecule has 5 atom stereocenters. The minimum absolute atomic E-state index is 0.0755. The average molecular weight is 515 g/mol. The van der Waals surface area contributed by atoms with Gasteiger partial charge in [-0.25, -0.2) is 4.98 Å². The predicted molar refractivity (Wildman–Crippen MR) is 128 cm³/mol. The van der Waals surface area contributed by atoms with Crippen LogP contribution in [0.4, 0.5) is 5.95 Å². The number of nitrogens with zero attached hydrogens (tertiary/aromatic N) is 4. The summed E-state index contributed by atoms with van der Waals surface area (Å²) in [7, 11) is 1.64. The number of anilines is 1. The van der Waals surface area contributed by atoms with Crippen LogP contribution >= 0.6 is 6.72 Å². The quantitative estimate of drug-likeness (QED) is 0.501. The number of amides is 1. The molecule has 4 heterocycles. The van der Waals surface area contributed by atoms with E-state index < -0.39 is 41.9 Å². The molecule has 2 fully saturated rings. The van der Waals surface area contributed by atoms with Crippen LogP contribution in [0.5, 0.6) is 0 Å². The molecular formula is C20H31N6O6PS. The highest BCUT2D eigenvalue weighted by Crippen LogP contribution is 2.59. The van der Waals surface area contributed by atoms with Crippen LogP contribution in [0.25, 0.3) is 11.2 Å². The van der Waals surface area contributed by atoms with Crippen molar-refractivity contribution in [3.8, 4) is 0 Å². The maximum Gasteiger partial charge on any atom is 0.325 e. The molecule has 0 saturated carbocycles. The number of nitrogens with one attached hydrogen (secondary N) is 1. The lowest BCUT2D eigenvalue weighted by Gasteiger charge is -2.38. The first-order chi connectivity index (χ1) is 15.4. The number of nitrogen functional groups attached to an aromatic ring is 1. The van der Waals surface area contributed by atoms with Crippen molar-refractivity contribution < 1.29 is 23.5 Å². The molecule has 0 radical (unpaired) electrons. The van der Waals surface area contributed by atoms with E-state index in [0.29, 0.717) is 0 Å². The van der Waals surface area contributed by atoms with Crippen molar-refractivity contribution in [1.82, 2.24) is 24.4 Å². The van der Waals surface area contributed by atoms with Crippen molar-refractivity contribution >= 4 is 41.5 Å². The van der Waals surface area contributed by atoms with Gasteiger partial charge in [-0.3, -0.25) is 23.7 Å². The van der Waals surface area contributed by atoms with Crippen LogP contribution in [0.3, 0.4) is 0 Å². The predicted octanol–water partition coefficient (Wildman–Crippen LogP) is 1.66. The largest absolute Gasteiger partial charge is 0.369 e. The smallest absolute Gasteiger partial charge is 0.325 e. The fourth-order valence-electron chi connectivity index (χ4n) is 4.79. The summed E-state index contributed by atoms with van der Waals surface area (Å²) in [5.41, 5.74) is 3.00. The highest BCUT2D eigenvalue weighted by molar-refractivity contribution is 8.07. The summed E-state index contributed by atoms with van der Waals surface area (Å²) < 4.78 is 19.7. The Bertz CT molecular complexity index is 1250. The van der Waals surface area contributed by atoms with Gasteiger partial charge in [0.2, 0.25) is 5.95 Å². The monoisotopic (exact) mass is 514 g/mol. The molecule has 2 aromatic rings. The molecule has 12 nitrogen and oxygen atoms in total. The third kappa shape index (κ3) is 4.29. The van der Waals surface area contributed by atoms with E-state index in [1.165, 1.54) is 11.2 Å². The van der Waals surface area contributed by atoms with Crippen molar-refractivity contribution in [2.24, 2.45) is 5.41 Å². The molecule has 0 aromatic carbocycles. The summed E-state index contributed by atoms with van der Waals surface area (Å²) in [6, 6.07) is -0.701. The van der Waals surface area contributed by atoms with E-state index >= 15 is 0 Å². The number of rotatable bonds is 5. The Morgan fingerprint density at radius 2 is 1.97 bits per heavy atom. The maximum absolute atomic E-state index is 13.5. The van der Waals surface area contributed by atoms with Crippen molar-refractivity contribution in [1.29, 1.82) is 0 Å². The van der Waals surface area contributed by atoms with Crippen LogP contribution in [0.1, 0.15) is 54.2 Å². The molecule has 2 aliphatic rings. The van der Waals surface area contributed by atoms with Gasteiger partial charge in [0.15, 0.2) is 23.0 Å². The second kappa shape index (κ2) is 7.81. The number of ether oxygens (including phenoxy) is 1. The number of H-pyrrole nitrogens is 1. The number of likely N-dealkylation sites (tertiary alicyclic amines) is 1. The van der Waals surface area contributed by atoms with Gasteiger partial charge in [0, 0.05) is 7.05 Å². The lowest BCUT2D eigenvalue weighted by atomic mass is 9.80. The van der Waals surface area contributed by atoms with Crippen LogP contribution in [-0.4, -0.2) is 65.6 Å². The Hall–Kier alpha value is -1.89. The molecule has 1 amide bonds. The van der Waals surface area contributed by atoms with Gasteiger partial charge in [-0.15, -0.1) is 0 Å². The molecule has 4 rings (SSSR count). The Balaban J connectivity index is 1.84. The summed E-state index contributed by atoms with van der Waals surface area (Å²) in [4.78, 5) is 49.0. The van der Waals surface area contributed by atoms with E-state index in [1.807, 2.05) is 20.8 Å². The molecule has 3 unspecified atom stereocenters. The molecule has 2 aliphatic heterocycles. The standard InChI is InChI=1S/C20H31N6O6PS/c1-18(2,3)8-20-12(31-33(29,34)32-19(4,5)6)11(25(7)16(20)28)15(30-20)26-9-22-10-13(26)23-17(21)24-14(10)27/h9,11-12,15H,8H2,1-7H3,(H,29,34)(H3,21,23,24,27)/t11?,12?,15-,20-,33?/m1/s1. The van der Waals surface area contributed by atoms with E-state index in [0.717, 1.165) is 0 Å². The van der Waals surface area contributed by atoms with Crippen LogP contribution in [0.2, 0.25) is 0 Å². The minimum atomic E-state index is -3.77. The van der Waals surface area contributed by atoms with Gasteiger partial charge < -0.3 is 24.8 Å². The fraction of sp³-hybridized carbons (Fsp3) is 0.700. The summed E-state index contributed by atoms with van der Waals surface area (Å²) in [6.07, 6.45) is -0.0601. The molecular weight excluding hydrogens is 483 g/mol. The second-order valence-electron chi connectivity index (χ2n) is 11.0.